The molecule has 1 aliphatic heterocycles. The highest BCUT2D eigenvalue weighted by atomic mass is 16.3. The monoisotopic (exact) mass is 175 g/mol. The molecule has 13 heavy (non-hydrogen) atoms. The quantitative estimate of drug-likeness (QED) is 0.698. The number of rotatable bonds is 1. The van der Waals surface area contributed by atoms with Crippen molar-refractivity contribution in [1.29, 1.82) is 0 Å². The SMILES string of the molecule is CCC1Cc2ccccc2C(O)=N1. The zero-order chi connectivity index (χ0) is 9.26. The molecule has 0 aliphatic carbocycles. The second-order valence-electron chi connectivity index (χ2n) is 3.38. The van der Waals surface area contributed by atoms with Crippen molar-refractivity contribution >= 4 is 5.90 Å². The maximum absolute atomic E-state index is 9.61. The van der Waals surface area contributed by atoms with Crippen LogP contribution in [-0.4, -0.2) is 17.0 Å². The van der Waals surface area contributed by atoms with Crippen molar-refractivity contribution in [2.24, 2.45) is 4.99 Å². The van der Waals surface area contributed by atoms with Crippen LogP contribution in [0.4, 0.5) is 0 Å². The molecule has 2 rings (SSSR count). The average Bonchev–Trinajstić information content (AvgIpc) is 2.18. The molecule has 1 aliphatic rings. The van der Waals surface area contributed by atoms with Crippen molar-refractivity contribution in [1.82, 2.24) is 0 Å². The first-order chi connectivity index (χ1) is 6.31. The molecule has 1 unspecified atom stereocenters. The first kappa shape index (κ1) is 8.30. The van der Waals surface area contributed by atoms with E-state index in [1.807, 2.05) is 18.2 Å². The highest BCUT2D eigenvalue weighted by molar-refractivity contribution is 5.94. The van der Waals surface area contributed by atoms with Gasteiger partial charge in [-0.15, -0.1) is 0 Å². The lowest BCUT2D eigenvalue weighted by Gasteiger charge is -2.18. The van der Waals surface area contributed by atoms with Crippen molar-refractivity contribution in [3.05, 3.63) is 35.4 Å². The largest absolute Gasteiger partial charge is 0.493 e. The number of fused-ring (bicyclic) bond motifs is 1. The van der Waals surface area contributed by atoms with Crippen LogP contribution in [-0.2, 0) is 6.42 Å². The smallest absolute Gasteiger partial charge is 0.214 e. The second kappa shape index (κ2) is 3.21. The average molecular weight is 175 g/mol. The Morgan fingerprint density at radius 1 is 1.46 bits per heavy atom. The molecule has 68 valence electrons. The van der Waals surface area contributed by atoms with Gasteiger partial charge in [-0.05, 0) is 24.5 Å². The minimum absolute atomic E-state index is 0.203. The van der Waals surface area contributed by atoms with Gasteiger partial charge in [0.15, 0.2) is 0 Å². The summed E-state index contributed by atoms with van der Waals surface area (Å²) in [6.45, 7) is 2.09. The van der Waals surface area contributed by atoms with Gasteiger partial charge in [-0.25, -0.2) is 4.99 Å². The number of nitrogens with zero attached hydrogens (tertiary/aromatic N) is 1. The molecule has 1 atom stereocenters. The van der Waals surface area contributed by atoms with Crippen LogP contribution in [0.2, 0.25) is 0 Å². The standard InChI is InChI=1S/C11H13NO/c1-2-9-7-8-5-3-4-6-10(8)11(13)12-9/h3-6,9H,2,7H2,1H3,(H,12,13). The predicted octanol–water partition coefficient (Wildman–Crippen LogP) is 2.33. The number of aliphatic imine (C=N–C) groups is 1. The van der Waals surface area contributed by atoms with Gasteiger partial charge in [0.1, 0.15) is 0 Å². The third-order valence-electron chi connectivity index (χ3n) is 2.49. The predicted molar refractivity (Wildman–Crippen MR) is 53.4 cm³/mol. The molecule has 0 fully saturated rings. The highest BCUT2D eigenvalue weighted by Gasteiger charge is 2.18. The van der Waals surface area contributed by atoms with Gasteiger partial charge in [-0.2, -0.15) is 0 Å². The van der Waals surface area contributed by atoms with Gasteiger partial charge in [0.05, 0.1) is 6.04 Å². The molecule has 0 saturated heterocycles. The molecule has 0 amide bonds. The summed E-state index contributed by atoms with van der Waals surface area (Å²) in [4.78, 5) is 4.21. The van der Waals surface area contributed by atoms with E-state index >= 15 is 0 Å². The van der Waals surface area contributed by atoms with E-state index in [0.29, 0.717) is 0 Å². The van der Waals surface area contributed by atoms with Crippen LogP contribution in [0.3, 0.4) is 0 Å². The Morgan fingerprint density at radius 3 is 3.00 bits per heavy atom. The van der Waals surface area contributed by atoms with Crippen molar-refractivity contribution < 1.29 is 5.11 Å². The van der Waals surface area contributed by atoms with E-state index in [1.54, 1.807) is 0 Å². The van der Waals surface area contributed by atoms with Crippen LogP contribution < -0.4 is 0 Å². The minimum atomic E-state index is 0.203. The fraction of sp³-hybridized carbons (Fsp3) is 0.364. The Hall–Kier alpha value is -1.31. The van der Waals surface area contributed by atoms with Gasteiger partial charge in [0.2, 0.25) is 5.90 Å². The third kappa shape index (κ3) is 1.44. The van der Waals surface area contributed by atoms with E-state index in [1.165, 1.54) is 5.56 Å². The minimum Gasteiger partial charge on any atom is -0.493 e. The molecule has 0 saturated carbocycles. The lowest BCUT2D eigenvalue weighted by atomic mass is 9.96. The highest BCUT2D eigenvalue weighted by Crippen LogP contribution is 2.19. The maximum Gasteiger partial charge on any atom is 0.214 e. The van der Waals surface area contributed by atoms with Crippen molar-refractivity contribution in [3.8, 4) is 0 Å². The van der Waals surface area contributed by atoms with Crippen LogP contribution in [0.25, 0.3) is 0 Å². The molecule has 1 aromatic rings. The normalized spacial score (nSPS) is 20.7. The summed E-state index contributed by atoms with van der Waals surface area (Å²) in [6, 6.07) is 8.17. The summed E-state index contributed by atoms with van der Waals surface area (Å²) in [6.07, 6.45) is 1.94. The Bertz CT molecular complexity index is 344. The van der Waals surface area contributed by atoms with E-state index in [-0.39, 0.29) is 11.9 Å². The lowest BCUT2D eigenvalue weighted by molar-refractivity contribution is 0.520. The van der Waals surface area contributed by atoms with Gasteiger partial charge in [0, 0.05) is 5.56 Å². The summed E-state index contributed by atoms with van der Waals surface area (Å²) < 4.78 is 0. The van der Waals surface area contributed by atoms with Crippen LogP contribution in [0, 0.1) is 0 Å². The number of hydrogen-bond acceptors (Lipinski definition) is 1. The fourth-order valence-corrected chi connectivity index (χ4v) is 1.69. The van der Waals surface area contributed by atoms with Crippen LogP contribution in [0.15, 0.2) is 29.3 Å². The molecule has 1 N–H and O–H groups in total. The Labute approximate surface area is 77.9 Å². The van der Waals surface area contributed by atoms with Crippen molar-refractivity contribution in [2.75, 3.05) is 0 Å². The molecule has 1 aromatic carbocycles. The summed E-state index contributed by atoms with van der Waals surface area (Å²) >= 11 is 0. The summed E-state index contributed by atoms with van der Waals surface area (Å²) in [7, 11) is 0. The molecule has 2 nitrogen and oxygen atoms in total. The molecule has 0 aromatic heterocycles. The number of benzene rings is 1. The zero-order valence-corrected chi connectivity index (χ0v) is 7.70. The summed E-state index contributed by atoms with van der Waals surface area (Å²) in [5.74, 6) is 0.203. The molecular weight excluding hydrogens is 162 g/mol. The van der Waals surface area contributed by atoms with E-state index in [0.717, 1.165) is 18.4 Å². The van der Waals surface area contributed by atoms with E-state index in [4.69, 9.17) is 0 Å². The first-order valence-corrected chi connectivity index (χ1v) is 4.66. The third-order valence-corrected chi connectivity index (χ3v) is 2.49. The number of aliphatic hydroxyl groups is 1. The fourth-order valence-electron chi connectivity index (χ4n) is 1.69. The second-order valence-corrected chi connectivity index (χ2v) is 3.38. The summed E-state index contributed by atoms with van der Waals surface area (Å²) in [5, 5.41) is 9.61. The zero-order valence-electron chi connectivity index (χ0n) is 7.70. The first-order valence-electron chi connectivity index (χ1n) is 4.66. The van der Waals surface area contributed by atoms with Gasteiger partial charge in [-0.3, -0.25) is 0 Å². The summed E-state index contributed by atoms with van der Waals surface area (Å²) in [5.41, 5.74) is 2.11. The molecule has 2 heteroatoms. The van der Waals surface area contributed by atoms with Crippen molar-refractivity contribution in [2.45, 2.75) is 25.8 Å². The lowest BCUT2D eigenvalue weighted by Crippen LogP contribution is -2.19. The van der Waals surface area contributed by atoms with Gasteiger partial charge in [0.25, 0.3) is 0 Å². The topological polar surface area (TPSA) is 32.6 Å². The molecule has 1 heterocycles. The van der Waals surface area contributed by atoms with Crippen LogP contribution in [0.1, 0.15) is 24.5 Å². The van der Waals surface area contributed by atoms with Crippen LogP contribution >= 0.6 is 0 Å². The Kier molecular flexibility index (Phi) is 2.05. The van der Waals surface area contributed by atoms with E-state index < -0.39 is 0 Å². The molecule has 0 spiro atoms. The Balaban J connectivity index is 2.42. The van der Waals surface area contributed by atoms with Gasteiger partial charge in [-0.1, -0.05) is 25.1 Å². The van der Waals surface area contributed by atoms with Crippen molar-refractivity contribution in [3.63, 3.8) is 0 Å². The van der Waals surface area contributed by atoms with Crippen LogP contribution in [0.5, 0.6) is 0 Å². The molecular formula is C11H13NO. The number of aliphatic hydroxyl groups excluding tert-OH is 1. The number of hydrogen-bond donors (Lipinski definition) is 1. The maximum atomic E-state index is 9.61. The van der Waals surface area contributed by atoms with Gasteiger partial charge < -0.3 is 5.11 Å². The Morgan fingerprint density at radius 2 is 2.23 bits per heavy atom. The van der Waals surface area contributed by atoms with E-state index in [9.17, 15) is 5.11 Å². The molecule has 0 bridgehead atoms. The molecule has 0 radical (unpaired) electrons. The van der Waals surface area contributed by atoms with E-state index in [2.05, 4.69) is 18.0 Å². The van der Waals surface area contributed by atoms with Gasteiger partial charge >= 0.3 is 0 Å².